The van der Waals surface area contributed by atoms with Gasteiger partial charge in [-0.3, -0.25) is 9.78 Å². The van der Waals surface area contributed by atoms with Gasteiger partial charge in [-0.2, -0.15) is 0 Å². The molecule has 7 heteroatoms. The van der Waals surface area contributed by atoms with Crippen molar-refractivity contribution in [2.24, 2.45) is 0 Å². The third-order valence-electron chi connectivity index (χ3n) is 2.16. The average molecular weight is 261 g/mol. The number of anilines is 1. The number of nitrogen functional groups attached to an aromatic ring is 1. The van der Waals surface area contributed by atoms with E-state index in [9.17, 15) is 15.0 Å². The van der Waals surface area contributed by atoms with Gasteiger partial charge in [-0.05, 0) is 6.07 Å². The molecule has 0 fully saturated rings. The van der Waals surface area contributed by atoms with Gasteiger partial charge in [0.2, 0.25) is 0 Å². The molecule has 1 heterocycles. The fourth-order valence-electron chi connectivity index (χ4n) is 1.26. The molecule has 0 aromatic carbocycles. The van der Waals surface area contributed by atoms with E-state index in [1.165, 1.54) is 19.4 Å². The number of hydrogen-bond donors (Lipinski definition) is 3. The van der Waals surface area contributed by atoms with Crippen molar-refractivity contribution in [3.8, 4) is 0 Å². The van der Waals surface area contributed by atoms with E-state index < -0.39 is 18.2 Å². The van der Waals surface area contributed by atoms with Gasteiger partial charge in [-0.25, -0.2) is 0 Å². The first kappa shape index (κ1) is 13.7. The van der Waals surface area contributed by atoms with Gasteiger partial charge in [-0.1, -0.05) is 11.6 Å². The molecule has 94 valence electrons. The van der Waals surface area contributed by atoms with E-state index in [1.54, 1.807) is 0 Å². The smallest absolute Gasteiger partial charge is 0.308 e. The fourth-order valence-corrected chi connectivity index (χ4v) is 1.43. The van der Waals surface area contributed by atoms with Crippen LogP contribution in [0.4, 0.5) is 5.69 Å². The molecule has 1 aromatic rings. The van der Waals surface area contributed by atoms with Crippen LogP contribution in [0.2, 0.25) is 5.02 Å². The minimum atomic E-state index is -1.37. The van der Waals surface area contributed by atoms with Crippen LogP contribution < -0.4 is 5.73 Å². The number of hydrogen-bond acceptors (Lipinski definition) is 6. The maximum atomic E-state index is 10.9. The summed E-state index contributed by atoms with van der Waals surface area (Å²) >= 11 is 5.65. The number of aliphatic hydroxyl groups excluding tert-OH is 2. The number of nitrogens with zero attached hydrogens (tertiary/aromatic N) is 1. The summed E-state index contributed by atoms with van der Waals surface area (Å²) in [6.45, 7) is 0. The van der Waals surface area contributed by atoms with Crippen LogP contribution >= 0.6 is 11.6 Å². The third-order valence-corrected chi connectivity index (χ3v) is 2.37. The number of methoxy groups -OCH3 is 1. The van der Waals surface area contributed by atoms with Crippen molar-refractivity contribution < 1.29 is 19.7 Å². The number of aromatic nitrogens is 1. The number of rotatable bonds is 4. The molecule has 0 radical (unpaired) electrons. The van der Waals surface area contributed by atoms with E-state index >= 15 is 0 Å². The topological polar surface area (TPSA) is 106 Å². The van der Waals surface area contributed by atoms with Gasteiger partial charge in [0.15, 0.2) is 0 Å². The van der Waals surface area contributed by atoms with Crippen molar-refractivity contribution >= 4 is 23.3 Å². The number of aliphatic hydroxyl groups is 2. The normalized spacial score (nSPS) is 14.1. The maximum Gasteiger partial charge on any atom is 0.308 e. The molecular formula is C10H13ClN2O4. The first-order valence-electron chi connectivity index (χ1n) is 4.79. The van der Waals surface area contributed by atoms with Crippen LogP contribution in [0, 0.1) is 0 Å². The lowest BCUT2D eigenvalue weighted by Crippen LogP contribution is -2.24. The first-order valence-corrected chi connectivity index (χ1v) is 5.17. The summed E-state index contributed by atoms with van der Waals surface area (Å²) in [6, 6.07) is 1.40. The summed E-state index contributed by atoms with van der Waals surface area (Å²) in [6.07, 6.45) is -1.76. The van der Waals surface area contributed by atoms with E-state index in [0.29, 0.717) is 5.02 Å². The van der Waals surface area contributed by atoms with Crippen molar-refractivity contribution in [2.45, 2.75) is 18.6 Å². The van der Waals surface area contributed by atoms with Crippen LogP contribution in [-0.2, 0) is 9.53 Å². The van der Waals surface area contributed by atoms with Crippen LogP contribution in [0.3, 0.4) is 0 Å². The highest BCUT2D eigenvalue weighted by Gasteiger charge is 2.24. The Labute approximate surface area is 103 Å². The van der Waals surface area contributed by atoms with Gasteiger partial charge < -0.3 is 20.7 Å². The van der Waals surface area contributed by atoms with Crippen LogP contribution in [0.5, 0.6) is 0 Å². The number of carbonyl (C=O) groups is 1. The Morgan fingerprint density at radius 2 is 2.29 bits per heavy atom. The lowest BCUT2D eigenvalue weighted by atomic mass is 10.1. The zero-order valence-corrected chi connectivity index (χ0v) is 9.89. The highest BCUT2D eigenvalue weighted by Crippen LogP contribution is 2.24. The van der Waals surface area contributed by atoms with Gasteiger partial charge in [0, 0.05) is 6.20 Å². The molecule has 0 aliphatic rings. The summed E-state index contributed by atoms with van der Waals surface area (Å²) < 4.78 is 4.37. The molecule has 0 aliphatic carbocycles. The molecule has 6 nitrogen and oxygen atoms in total. The second-order valence-electron chi connectivity index (χ2n) is 3.42. The zero-order valence-electron chi connectivity index (χ0n) is 9.13. The number of esters is 1. The summed E-state index contributed by atoms with van der Waals surface area (Å²) in [5.41, 5.74) is 5.81. The maximum absolute atomic E-state index is 10.9. The van der Waals surface area contributed by atoms with Crippen LogP contribution in [0.15, 0.2) is 12.3 Å². The van der Waals surface area contributed by atoms with Gasteiger partial charge in [0.05, 0.1) is 36.0 Å². The van der Waals surface area contributed by atoms with Gasteiger partial charge in [0.1, 0.15) is 6.10 Å². The SMILES string of the molecule is COC(=O)CC(O)C(O)c1ncc(Cl)cc1N. The Balaban J connectivity index is 2.81. The molecule has 0 aliphatic heterocycles. The highest BCUT2D eigenvalue weighted by atomic mass is 35.5. The molecule has 1 aromatic heterocycles. The number of nitrogens with two attached hydrogens (primary N) is 1. The highest BCUT2D eigenvalue weighted by molar-refractivity contribution is 6.30. The monoisotopic (exact) mass is 260 g/mol. The summed E-state index contributed by atoms with van der Waals surface area (Å²) in [5.74, 6) is -0.635. The van der Waals surface area contributed by atoms with Crippen LogP contribution in [0.25, 0.3) is 0 Å². The first-order chi connectivity index (χ1) is 7.95. The van der Waals surface area contributed by atoms with Crippen molar-refractivity contribution in [2.75, 3.05) is 12.8 Å². The minimum Gasteiger partial charge on any atom is -0.469 e. The predicted molar refractivity (Wildman–Crippen MR) is 61.3 cm³/mol. The molecule has 17 heavy (non-hydrogen) atoms. The van der Waals surface area contributed by atoms with Crippen molar-refractivity contribution in [1.29, 1.82) is 0 Å². The molecule has 2 unspecified atom stereocenters. The minimum absolute atomic E-state index is 0.0748. The molecule has 0 amide bonds. The quantitative estimate of drug-likeness (QED) is 0.671. The molecule has 4 N–H and O–H groups in total. The predicted octanol–water partition coefficient (Wildman–Crippen LogP) is 0.275. The molecule has 0 bridgehead atoms. The Hall–Kier alpha value is -1.37. The lowest BCUT2D eigenvalue weighted by Gasteiger charge is -2.17. The van der Waals surface area contributed by atoms with Gasteiger partial charge >= 0.3 is 5.97 Å². The van der Waals surface area contributed by atoms with Gasteiger partial charge in [-0.15, -0.1) is 0 Å². The van der Waals surface area contributed by atoms with E-state index in [-0.39, 0.29) is 17.8 Å². The molecule has 0 spiro atoms. The Morgan fingerprint density at radius 3 is 2.82 bits per heavy atom. The molecule has 0 saturated heterocycles. The molecule has 2 atom stereocenters. The second-order valence-corrected chi connectivity index (χ2v) is 3.86. The number of ether oxygens (including phenoxy) is 1. The van der Waals surface area contributed by atoms with Crippen LogP contribution in [0.1, 0.15) is 18.2 Å². The lowest BCUT2D eigenvalue weighted by molar-refractivity contribution is -0.144. The van der Waals surface area contributed by atoms with Crippen molar-refractivity contribution in [3.05, 3.63) is 23.0 Å². The van der Waals surface area contributed by atoms with Crippen molar-refractivity contribution in [1.82, 2.24) is 4.98 Å². The Morgan fingerprint density at radius 1 is 1.65 bits per heavy atom. The summed E-state index contributed by atoms with van der Waals surface area (Å²) in [7, 11) is 1.19. The average Bonchev–Trinajstić information content (AvgIpc) is 2.28. The van der Waals surface area contributed by atoms with E-state index in [0.717, 1.165) is 0 Å². The largest absolute Gasteiger partial charge is 0.469 e. The summed E-state index contributed by atoms with van der Waals surface area (Å²) in [4.78, 5) is 14.7. The third kappa shape index (κ3) is 3.55. The Kier molecular flexibility index (Phi) is 4.68. The Bertz CT molecular complexity index is 413. The summed E-state index contributed by atoms with van der Waals surface area (Å²) in [5, 5.41) is 19.7. The second kappa shape index (κ2) is 5.81. The number of carbonyl (C=O) groups excluding carboxylic acids is 1. The van der Waals surface area contributed by atoms with E-state index in [2.05, 4.69) is 9.72 Å². The fraction of sp³-hybridized carbons (Fsp3) is 0.400. The van der Waals surface area contributed by atoms with Crippen LogP contribution in [-0.4, -0.2) is 34.4 Å². The van der Waals surface area contributed by atoms with Gasteiger partial charge in [0.25, 0.3) is 0 Å². The van der Waals surface area contributed by atoms with E-state index in [4.69, 9.17) is 17.3 Å². The zero-order chi connectivity index (χ0) is 13.0. The van der Waals surface area contributed by atoms with Crippen molar-refractivity contribution in [3.63, 3.8) is 0 Å². The standard InChI is InChI=1S/C10H13ClN2O4/c1-17-8(15)3-7(14)10(16)9-6(12)2-5(11)4-13-9/h2,4,7,10,14,16H,3,12H2,1H3. The molecule has 0 saturated carbocycles. The molecular weight excluding hydrogens is 248 g/mol. The van der Waals surface area contributed by atoms with E-state index in [1.807, 2.05) is 0 Å². The number of halogens is 1. The molecule has 1 rings (SSSR count). The number of pyridine rings is 1.